The molecule has 1 aliphatic rings. The van der Waals surface area contributed by atoms with Gasteiger partial charge in [-0.2, -0.15) is 0 Å². The molecule has 0 spiro atoms. The Labute approximate surface area is 135 Å². The number of aromatic nitrogens is 1. The molecule has 1 heterocycles. The maximum atomic E-state index is 12.4. The van der Waals surface area contributed by atoms with Crippen LogP contribution in [-0.2, 0) is 22.4 Å². The van der Waals surface area contributed by atoms with Crippen LogP contribution in [-0.4, -0.2) is 30.0 Å². The van der Waals surface area contributed by atoms with Crippen LogP contribution in [0.3, 0.4) is 0 Å². The lowest BCUT2D eigenvalue weighted by Gasteiger charge is -2.13. The predicted molar refractivity (Wildman–Crippen MR) is 88.5 cm³/mol. The standard InChI is InChI=1S/C18H22N2O3/c1-11(9-17(21)23-2)19-18(22)12-7-8-16-14(10-12)13-5-3-4-6-15(13)20-16/h7-8,10-11,20H,3-6,9H2,1-2H3,(H,19,22). The first-order chi connectivity index (χ1) is 11.1. The molecule has 2 N–H and O–H groups in total. The lowest BCUT2D eigenvalue weighted by atomic mass is 9.95. The average Bonchev–Trinajstić information content (AvgIpc) is 2.92. The first-order valence-corrected chi connectivity index (χ1v) is 8.09. The van der Waals surface area contributed by atoms with Crippen LogP contribution in [0.5, 0.6) is 0 Å². The molecule has 0 saturated carbocycles. The van der Waals surface area contributed by atoms with Crippen LogP contribution in [0.25, 0.3) is 10.9 Å². The number of ether oxygens (including phenoxy) is 1. The van der Waals surface area contributed by atoms with E-state index in [1.54, 1.807) is 6.92 Å². The first kappa shape index (κ1) is 15.6. The number of hydrogen-bond acceptors (Lipinski definition) is 3. The number of aromatic amines is 1. The summed E-state index contributed by atoms with van der Waals surface area (Å²) in [6.07, 6.45) is 4.75. The molecule has 0 bridgehead atoms. The number of benzene rings is 1. The van der Waals surface area contributed by atoms with Gasteiger partial charge in [-0.3, -0.25) is 9.59 Å². The molecule has 23 heavy (non-hydrogen) atoms. The van der Waals surface area contributed by atoms with Gasteiger partial charge in [0.05, 0.1) is 13.5 Å². The van der Waals surface area contributed by atoms with Gasteiger partial charge < -0.3 is 15.0 Å². The van der Waals surface area contributed by atoms with Gasteiger partial charge in [0.25, 0.3) is 5.91 Å². The second kappa shape index (κ2) is 6.44. The van der Waals surface area contributed by atoms with Gasteiger partial charge in [0.2, 0.25) is 0 Å². The summed E-state index contributed by atoms with van der Waals surface area (Å²) in [6.45, 7) is 1.80. The highest BCUT2D eigenvalue weighted by molar-refractivity contribution is 5.99. The van der Waals surface area contributed by atoms with E-state index in [2.05, 4.69) is 15.0 Å². The topological polar surface area (TPSA) is 71.2 Å². The van der Waals surface area contributed by atoms with Crippen molar-refractivity contribution in [2.45, 2.75) is 45.1 Å². The molecule has 1 aromatic carbocycles. The van der Waals surface area contributed by atoms with Crippen molar-refractivity contribution < 1.29 is 14.3 Å². The molecule has 3 rings (SSSR count). The third kappa shape index (κ3) is 3.23. The van der Waals surface area contributed by atoms with E-state index in [-0.39, 0.29) is 24.3 Å². The summed E-state index contributed by atoms with van der Waals surface area (Å²) in [7, 11) is 1.35. The van der Waals surface area contributed by atoms with Crippen molar-refractivity contribution in [2.24, 2.45) is 0 Å². The SMILES string of the molecule is COC(=O)CC(C)NC(=O)c1ccc2[nH]c3c(c2c1)CCCC3. The quantitative estimate of drug-likeness (QED) is 0.852. The number of esters is 1. The van der Waals surface area contributed by atoms with Gasteiger partial charge in [-0.05, 0) is 56.4 Å². The predicted octanol–water partition coefficient (Wildman–Crippen LogP) is 2.73. The fourth-order valence-corrected chi connectivity index (χ4v) is 3.24. The van der Waals surface area contributed by atoms with Gasteiger partial charge in [0.1, 0.15) is 0 Å². The second-order valence-corrected chi connectivity index (χ2v) is 6.20. The Morgan fingerprint density at radius 3 is 2.87 bits per heavy atom. The average molecular weight is 314 g/mol. The number of H-pyrrole nitrogens is 1. The molecule has 5 heteroatoms. The lowest BCUT2D eigenvalue weighted by Crippen LogP contribution is -2.34. The van der Waals surface area contributed by atoms with Crippen LogP contribution in [0.4, 0.5) is 0 Å². The second-order valence-electron chi connectivity index (χ2n) is 6.20. The van der Waals surface area contributed by atoms with E-state index in [4.69, 9.17) is 0 Å². The van der Waals surface area contributed by atoms with Crippen molar-refractivity contribution >= 4 is 22.8 Å². The van der Waals surface area contributed by atoms with Crippen LogP contribution >= 0.6 is 0 Å². The minimum Gasteiger partial charge on any atom is -0.469 e. The third-order valence-corrected chi connectivity index (χ3v) is 4.44. The lowest BCUT2D eigenvalue weighted by molar-refractivity contribution is -0.141. The van der Waals surface area contributed by atoms with Gasteiger partial charge in [-0.1, -0.05) is 0 Å². The minimum absolute atomic E-state index is 0.158. The van der Waals surface area contributed by atoms with E-state index in [1.165, 1.54) is 31.2 Å². The van der Waals surface area contributed by atoms with Crippen molar-refractivity contribution in [2.75, 3.05) is 7.11 Å². The molecular weight excluding hydrogens is 292 g/mol. The van der Waals surface area contributed by atoms with Crippen LogP contribution in [0.15, 0.2) is 18.2 Å². The molecule has 0 radical (unpaired) electrons. The highest BCUT2D eigenvalue weighted by Gasteiger charge is 2.18. The number of amides is 1. The molecule has 1 unspecified atom stereocenters. The maximum Gasteiger partial charge on any atom is 0.307 e. The summed E-state index contributed by atoms with van der Waals surface area (Å²) in [5.41, 5.74) is 4.38. The third-order valence-electron chi connectivity index (χ3n) is 4.44. The number of carbonyl (C=O) groups is 2. The van der Waals surface area contributed by atoms with Crippen LogP contribution in [0, 0.1) is 0 Å². The summed E-state index contributed by atoms with van der Waals surface area (Å²) >= 11 is 0. The Kier molecular flexibility index (Phi) is 4.37. The zero-order valence-electron chi connectivity index (χ0n) is 13.6. The number of rotatable bonds is 4. The largest absolute Gasteiger partial charge is 0.469 e. The van der Waals surface area contributed by atoms with Crippen molar-refractivity contribution in [3.8, 4) is 0 Å². The summed E-state index contributed by atoms with van der Waals surface area (Å²) in [6, 6.07) is 5.49. The zero-order valence-corrected chi connectivity index (χ0v) is 13.6. The molecule has 5 nitrogen and oxygen atoms in total. The molecular formula is C18H22N2O3. The highest BCUT2D eigenvalue weighted by Crippen LogP contribution is 2.29. The minimum atomic E-state index is -0.326. The van der Waals surface area contributed by atoms with Crippen molar-refractivity contribution in [3.05, 3.63) is 35.0 Å². The summed E-state index contributed by atoms with van der Waals surface area (Å²) in [4.78, 5) is 27.1. The fraction of sp³-hybridized carbons (Fsp3) is 0.444. The molecule has 0 saturated heterocycles. The highest BCUT2D eigenvalue weighted by atomic mass is 16.5. The molecule has 1 atom stereocenters. The first-order valence-electron chi connectivity index (χ1n) is 8.09. The maximum absolute atomic E-state index is 12.4. The number of nitrogens with one attached hydrogen (secondary N) is 2. The van der Waals surface area contributed by atoms with Gasteiger partial charge in [-0.15, -0.1) is 0 Å². The van der Waals surface area contributed by atoms with Crippen LogP contribution in [0.2, 0.25) is 0 Å². The van der Waals surface area contributed by atoms with E-state index in [9.17, 15) is 9.59 Å². The van der Waals surface area contributed by atoms with E-state index >= 15 is 0 Å². The van der Waals surface area contributed by atoms with Gasteiger partial charge in [0, 0.05) is 28.2 Å². The molecule has 1 aliphatic carbocycles. The van der Waals surface area contributed by atoms with E-state index < -0.39 is 0 Å². The summed E-state index contributed by atoms with van der Waals surface area (Å²) in [5.74, 6) is -0.484. The Morgan fingerprint density at radius 2 is 2.09 bits per heavy atom. The Bertz CT molecular complexity index is 748. The fourth-order valence-electron chi connectivity index (χ4n) is 3.24. The van der Waals surface area contributed by atoms with Crippen LogP contribution in [0.1, 0.15) is 47.8 Å². The number of methoxy groups -OCH3 is 1. The van der Waals surface area contributed by atoms with E-state index in [0.29, 0.717) is 5.56 Å². The summed E-state index contributed by atoms with van der Waals surface area (Å²) < 4.78 is 4.62. The van der Waals surface area contributed by atoms with Crippen molar-refractivity contribution in [1.29, 1.82) is 0 Å². The molecule has 0 fully saturated rings. The number of hydrogen-bond donors (Lipinski definition) is 2. The number of aryl methyl sites for hydroxylation is 2. The van der Waals surface area contributed by atoms with E-state index in [0.717, 1.165) is 23.7 Å². The Morgan fingerprint density at radius 1 is 1.30 bits per heavy atom. The van der Waals surface area contributed by atoms with Crippen LogP contribution < -0.4 is 5.32 Å². The van der Waals surface area contributed by atoms with Gasteiger partial charge in [-0.25, -0.2) is 0 Å². The van der Waals surface area contributed by atoms with Gasteiger partial charge >= 0.3 is 5.97 Å². The normalized spacial score (nSPS) is 15.0. The molecule has 1 aromatic heterocycles. The van der Waals surface area contributed by atoms with E-state index in [1.807, 2.05) is 18.2 Å². The van der Waals surface area contributed by atoms with Crippen molar-refractivity contribution in [3.63, 3.8) is 0 Å². The van der Waals surface area contributed by atoms with Crippen molar-refractivity contribution in [1.82, 2.24) is 10.3 Å². The smallest absolute Gasteiger partial charge is 0.307 e. The Balaban J connectivity index is 1.79. The molecule has 1 amide bonds. The zero-order chi connectivity index (χ0) is 16.4. The molecule has 0 aliphatic heterocycles. The Hall–Kier alpha value is -2.30. The number of carbonyl (C=O) groups excluding carboxylic acids is 2. The number of fused-ring (bicyclic) bond motifs is 3. The molecule has 2 aromatic rings. The van der Waals surface area contributed by atoms with Gasteiger partial charge in [0.15, 0.2) is 0 Å². The summed E-state index contributed by atoms with van der Waals surface area (Å²) in [5, 5.41) is 3.99. The molecule has 122 valence electrons. The monoisotopic (exact) mass is 314 g/mol.